The van der Waals surface area contributed by atoms with Gasteiger partial charge in [0.15, 0.2) is 0 Å². The summed E-state index contributed by atoms with van der Waals surface area (Å²) in [6, 6.07) is 7.52. The molecule has 90 valence electrons. The Morgan fingerprint density at radius 1 is 1.33 bits per heavy atom. The predicted octanol–water partition coefficient (Wildman–Crippen LogP) is 2.02. The number of carbonyl (C=O) groups excluding carboxylic acids is 1. The first-order chi connectivity index (χ1) is 8.58. The number of nitrogens with zero attached hydrogens (tertiary/aromatic N) is 1. The molecule has 4 nitrogen and oxygen atoms in total. The maximum atomic E-state index is 13.4. The van der Waals surface area contributed by atoms with E-state index in [0.717, 1.165) is 11.0 Å². The second kappa shape index (κ2) is 3.53. The number of carboxylic acid groups (broad SMARTS) is 1. The molecule has 0 atom stereocenters. The lowest BCUT2D eigenvalue weighted by Gasteiger charge is -2.14. The highest BCUT2D eigenvalue weighted by Crippen LogP contribution is 2.37. The van der Waals surface area contributed by atoms with E-state index in [4.69, 9.17) is 5.11 Å². The third-order valence-corrected chi connectivity index (χ3v) is 2.98. The van der Waals surface area contributed by atoms with E-state index in [9.17, 15) is 14.0 Å². The molecular weight excluding hydrogens is 237 g/mol. The number of amides is 1. The summed E-state index contributed by atoms with van der Waals surface area (Å²) in [5, 5.41) is 10.0. The molecule has 1 amide bonds. The summed E-state index contributed by atoms with van der Waals surface area (Å²) < 4.78 is 13.4. The van der Waals surface area contributed by atoms with Gasteiger partial charge in [-0.15, -0.1) is 0 Å². The lowest BCUT2D eigenvalue weighted by molar-refractivity contribution is -0.135. The van der Waals surface area contributed by atoms with Gasteiger partial charge in [-0.1, -0.05) is 12.1 Å². The van der Waals surface area contributed by atoms with Crippen molar-refractivity contribution in [2.24, 2.45) is 0 Å². The van der Waals surface area contributed by atoms with Crippen molar-refractivity contribution in [3.63, 3.8) is 0 Å². The van der Waals surface area contributed by atoms with Crippen LogP contribution in [0.1, 0.15) is 10.4 Å². The van der Waals surface area contributed by atoms with Crippen molar-refractivity contribution in [3.8, 4) is 0 Å². The molecule has 1 heterocycles. The number of carbonyl (C=O) groups is 2. The van der Waals surface area contributed by atoms with Crippen LogP contribution in [0, 0.1) is 5.82 Å². The van der Waals surface area contributed by atoms with Crippen LogP contribution >= 0.6 is 0 Å². The molecule has 5 heteroatoms. The SMILES string of the molecule is O=C(O)CN1C(=O)c2cc(F)cc3cccc1c23. The number of rotatable bonds is 2. The van der Waals surface area contributed by atoms with Gasteiger partial charge in [0.05, 0.1) is 11.3 Å². The van der Waals surface area contributed by atoms with Gasteiger partial charge in [0.1, 0.15) is 12.4 Å². The maximum absolute atomic E-state index is 13.4. The molecule has 1 aliphatic heterocycles. The van der Waals surface area contributed by atoms with Crippen LogP contribution in [0.15, 0.2) is 30.3 Å². The normalized spacial score (nSPS) is 13.4. The van der Waals surface area contributed by atoms with E-state index in [1.165, 1.54) is 6.07 Å². The van der Waals surface area contributed by atoms with Crippen LogP contribution in [0.3, 0.4) is 0 Å². The van der Waals surface area contributed by atoms with Crippen LogP contribution in [0.2, 0.25) is 0 Å². The molecule has 0 saturated heterocycles. The highest BCUT2D eigenvalue weighted by Gasteiger charge is 2.31. The molecule has 0 aromatic heterocycles. The zero-order chi connectivity index (χ0) is 12.9. The Labute approximate surface area is 101 Å². The molecule has 2 aromatic carbocycles. The fourth-order valence-corrected chi connectivity index (χ4v) is 2.31. The van der Waals surface area contributed by atoms with Crippen LogP contribution in [-0.2, 0) is 4.79 Å². The summed E-state index contributed by atoms with van der Waals surface area (Å²) in [6.45, 7) is -0.422. The van der Waals surface area contributed by atoms with Crippen molar-refractivity contribution in [1.29, 1.82) is 0 Å². The van der Waals surface area contributed by atoms with Gasteiger partial charge in [-0.25, -0.2) is 4.39 Å². The second-order valence-electron chi connectivity index (χ2n) is 4.11. The van der Waals surface area contributed by atoms with E-state index >= 15 is 0 Å². The molecule has 0 aliphatic carbocycles. The highest BCUT2D eigenvalue weighted by atomic mass is 19.1. The van der Waals surface area contributed by atoms with Gasteiger partial charge in [-0.3, -0.25) is 14.5 Å². The minimum atomic E-state index is -1.10. The summed E-state index contributed by atoms with van der Waals surface area (Å²) in [5.74, 6) is -2.07. The standard InChI is InChI=1S/C13H8FNO3/c14-8-4-7-2-1-3-10-12(7)9(5-8)13(18)15(10)6-11(16)17/h1-5H,6H2,(H,16,17). The van der Waals surface area contributed by atoms with Crippen molar-refractivity contribution in [2.45, 2.75) is 0 Å². The molecule has 0 saturated carbocycles. The molecule has 0 bridgehead atoms. The topological polar surface area (TPSA) is 57.6 Å². The van der Waals surface area contributed by atoms with Crippen LogP contribution < -0.4 is 4.90 Å². The van der Waals surface area contributed by atoms with Gasteiger partial charge in [0.2, 0.25) is 0 Å². The lowest BCUT2D eigenvalue weighted by Crippen LogP contribution is -2.32. The summed E-state index contributed by atoms with van der Waals surface area (Å²) >= 11 is 0. The van der Waals surface area contributed by atoms with Gasteiger partial charge in [-0.05, 0) is 23.6 Å². The van der Waals surface area contributed by atoms with Crippen LogP contribution in [0.4, 0.5) is 10.1 Å². The molecule has 1 N–H and O–H groups in total. The van der Waals surface area contributed by atoms with Crippen molar-refractivity contribution in [3.05, 3.63) is 41.7 Å². The second-order valence-corrected chi connectivity index (χ2v) is 4.11. The Balaban J connectivity index is 2.29. The molecule has 18 heavy (non-hydrogen) atoms. The number of anilines is 1. The number of carboxylic acids is 1. The van der Waals surface area contributed by atoms with E-state index in [1.807, 2.05) is 0 Å². The molecule has 0 radical (unpaired) electrons. The lowest BCUT2D eigenvalue weighted by atomic mass is 10.1. The van der Waals surface area contributed by atoms with Crippen molar-refractivity contribution in [1.82, 2.24) is 0 Å². The molecule has 1 aliphatic rings. The van der Waals surface area contributed by atoms with E-state index in [1.54, 1.807) is 18.2 Å². The Kier molecular flexibility index (Phi) is 2.10. The average molecular weight is 245 g/mol. The Bertz CT molecular complexity index is 696. The minimum absolute atomic E-state index is 0.224. The summed E-state index contributed by atoms with van der Waals surface area (Å²) in [6.07, 6.45) is 0. The average Bonchev–Trinajstić information content (AvgIpc) is 2.56. The molecule has 0 unspecified atom stereocenters. The summed E-state index contributed by atoms with van der Waals surface area (Å²) in [5.41, 5.74) is 0.747. The van der Waals surface area contributed by atoms with Gasteiger partial charge in [-0.2, -0.15) is 0 Å². The van der Waals surface area contributed by atoms with Crippen molar-refractivity contribution >= 4 is 28.3 Å². The number of halogens is 1. The zero-order valence-electron chi connectivity index (χ0n) is 9.18. The quantitative estimate of drug-likeness (QED) is 0.880. The van der Waals surface area contributed by atoms with Crippen molar-refractivity contribution in [2.75, 3.05) is 11.4 Å². The molecule has 0 spiro atoms. The molecular formula is C13H8FNO3. The molecule has 3 rings (SSSR count). The van der Waals surface area contributed by atoms with Gasteiger partial charge in [0.25, 0.3) is 5.91 Å². The highest BCUT2D eigenvalue weighted by molar-refractivity contribution is 6.25. The van der Waals surface area contributed by atoms with Gasteiger partial charge < -0.3 is 5.11 Å². The Morgan fingerprint density at radius 2 is 2.11 bits per heavy atom. The van der Waals surface area contributed by atoms with Gasteiger partial charge in [0, 0.05) is 5.39 Å². The fraction of sp³-hybridized carbons (Fsp3) is 0.0769. The Morgan fingerprint density at radius 3 is 2.83 bits per heavy atom. The third-order valence-electron chi connectivity index (χ3n) is 2.98. The number of hydrogen-bond donors (Lipinski definition) is 1. The summed E-state index contributed by atoms with van der Waals surface area (Å²) in [4.78, 5) is 24.0. The first-order valence-electron chi connectivity index (χ1n) is 5.34. The number of aliphatic carboxylic acids is 1. The first-order valence-corrected chi connectivity index (χ1v) is 5.34. The Hall–Kier alpha value is -2.43. The third kappa shape index (κ3) is 1.37. The monoisotopic (exact) mass is 245 g/mol. The minimum Gasteiger partial charge on any atom is -0.480 e. The zero-order valence-corrected chi connectivity index (χ0v) is 9.18. The van der Waals surface area contributed by atoms with Crippen molar-refractivity contribution < 1.29 is 19.1 Å². The van der Waals surface area contributed by atoms with E-state index in [2.05, 4.69) is 0 Å². The number of benzene rings is 2. The van der Waals surface area contributed by atoms with Crippen LogP contribution in [0.25, 0.3) is 10.8 Å². The smallest absolute Gasteiger partial charge is 0.323 e. The predicted molar refractivity (Wildman–Crippen MR) is 63.2 cm³/mol. The number of hydrogen-bond acceptors (Lipinski definition) is 2. The van der Waals surface area contributed by atoms with E-state index in [-0.39, 0.29) is 5.56 Å². The largest absolute Gasteiger partial charge is 0.480 e. The maximum Gasteiger partial charge on any atom is 0.323 e. The van der Waals surface area contributed by atoms with E-state index < -0.39 is 24.2 Å². The van der Waals surface area contributed by atoms with E-state index in [0.29, 0.717) is 16.5 Å². The first kappa shape index (κ1) is 10.7. The van der Waals surface area contributed by atoms with Crippen LogP contribution in [0.5, 0.6) is 0 Å². The van der Waals surface area contributed by atoms with Gasteiger partial charge >= 0.3 is 5.97 Å². The molecule has 0 fully saturated rings. The summed E-state index contributed by atoms with van der Waals surface area (Å²) in [7, 11) is 0. The fourth-order valence-electron chi connectivity index (χ4n) is 2.31. The molecule has 2 aromatic rings. The van der Waals surface area contributed by atoms with Crippen LogP contribution in [-0.4, -0.2) is 23.5 Å².